The van der Waals surface area contributed by atoms with Gasteiger partial charge in [0.15, 0.2) is 0 Å². The van der Waals surface area contributed by atoms with Crippen LogP contribution in [0.4, 0.5) is 0 Å². The van der Waals surface area contributed by atoms with Crippen molar-refractivity contribution in [1.29, 1.82) is 0 Å². The third kappa shape index (κ3) is 3.85. The maximum absolute atomic E-state index is 12.5. The molecule has 2 heterocycles. The smallest absolute Gasteiger partial charge is 0.264 e. The van der Waals surface area contributed by atoms with Crippen LogP contribution in [0, 0.1) is 0 Å². The molecule has 1 unspecified atom stereocenters. The lowest BCUT2D eigenvalue weighted by atomic mass is 9.97. The Kier molecular flexibility index (Phi) is 5.30. The van der Waals surface area contributed by atoms with Gasteiger partial charge in [-0.3, -0.25) is 9.59 Å². The number of thiophene rings is 1. The average molecular weight is 342 g/mol. The molecule has 2 amide bonds. The van der Waals surface area contributed by atoms with Crippen molar-refractivity contribution in [2.75, 3.05) is 26.2 Å². The second-order valence-corrected chi connectivity index (χ2v) is 7.11. The number of benzene rings is 1. The molecule has 1 aromatic heterocycles. The summed E-state index contributed by atoms with van der Waals surface area (Å²) in [5.41, 5.74) is 1.19. The number of piperazine rings is 1. The summed E-state index contributed by atoms with van der Waals surface area (Å²) < 4.78 is 0. The second kappa shape index (κ2) is 7.62. The summed E-state index contributed by atoms with van der Waals surface area (Å²) in [6, 6.07) is 13.9. The fourth-order valence-corrected chi connectivity index (χ4v) is 3.70. The van der Waals surface area contributed by atoms with E-state index in [1.165, 1.54) is 16.9 Å². The van der Waals surface area contributed by atoms with Gasteiger partial charge in [0.25, 0.3) is 5.91 Å². The summed E-state index contributed by atoms with van der Waals surface area (Å²) in [6.45, 7) is 4.56. The van der Waals surface area contributed by atoms with Gasteiger partial charge in [0.2, 0.25) is 5.91 Å². The minimum absolute atomic E-state index is 0.0785. The van der Waals surface area contributed by atoms with Gasteiger partial charge < -0.3 is 9.80 Å². The Morgan fingerprint density at radius 3 is 2.29 bits per heavy atom. The highest BCUT2D eigenvalue weighted by Crippen LogP contribution is 2.20. The number of carbonyl (C=O) groups is 2. The fourth-order valence-electron chi connectivity index (χ4n) is 3.01. The van der Waals surface area contributed by atoms with Crippen molar-refractivity contribution in [2.24, 2.45) is 0 Å². The van der Waals surface area contributed by atoms with Crippen LogP contribution in [0.5, 0.6) is 0 Å². The monoisotopic (exact) mass is 342 g/mol. The largest absolute Gasteiger partial charge is 0.339 e. The van der Waals surface area contributed by atoms with Crippen LogP contribution in [0.15, 0.2) is 47.8 Å². The summed E-state index contributed by atoms with van der Waals surface area (Å²) in [4.78, 5) is 29.3. The van der Waals surface area contributed by atoms with Crippen LogP contribution >= 0.6 is 11.3 Å². The molecule has 0 aliphatic carbocycles. The molecule has 1 atom stereocenters. The van der Waals surface area contributed by atoms with Gasteiger partial charge >= 0.3 is 0 Å². The highest BCUT2D eigenvalue weighted by molar-refractivity contribution is 7.12. The van der Waals surface area contributed by atoms with Crippen LogP contribution in [-0.2, 0) is 4.79 Å². The summed E-state index contributed by atoms with van der Waals surface area (Å²) >= 11 is 1.47. The molecule has 1 fully saturated rings. The zero-order valence-electron chi connectivity index (χ0n) is 13.9. The Bertz CT molecular complexity index is 677. The lowest BCUT2D eigenvalue weighted by molar-refractivity contribution is -0.133. The SMILES string of the molecule is CC(CC(=O)N1CCN(C(=O)c2cccs2)CC1)c1ccccc1. The van der Waals surface area contributed by atoms with Gasteiger partial charge in [0, 0.05) is 32.6 Å². The van der Waals surface area contributed by atoms with Crippen molar-refractivity contribution < 1.29 is 9.59 Å². The highest BCUT2D eigenvalue weighted by Gasteiger charge is 2.26. The standard InChI is InChI=1S/C19H22N2O2S/c1-15(16-6-3-2-4-7-16)14-18(22)20-9-11-21(12-10-20)19(23)17-8-5-13-24-17/h2-8,13,15H,9-12,14H2,1H3. The molecule has 0 spiro atoms. The third-order valence-corrected chi connectivity index (χ3v) is 5.36. The number of nitrogens with zero attached hydrogens (tertiary/aromatic N) is 2. The Balaban J connectivity index is 1.51. The summed E-state index contributed by atoms with van der Waals surface area (Å²) in [5, 5.41) is 1.91. The first-order valence-corrected chi connectivity index (χ1v) is 9.18. The molecule has 4 nitrogen and oxygen atoms in total. The van der Waals surface area contributed by atoms with Gasteiger partial charge in [-0.05, 0) is 22.9 Å². The predicted molar refractivity (Wildman–Crippen MR) is 96.3 cm³/mol. The van der Waals surface area contributed by atoms with E-state index in [9.17, 15) is 9.59 Å². The molecule has 0 radical (unpaired) electrons. The van der Waals surface area contributed by atoms with Crippen molar-refractivity contribution in [1.82, 2.24) is 9.80 Å². The van der Waals surface area contributed by atoms with E-state index in [1.807, 2.05) is 45.5 Å². The van der Waals surface area contributed by atoms with Crippen LogP contribution < -0.4 is 0 Å². The van der Waals surface area contributed by atoms with E-state index < -0.39 is 0 Å². The molecule has 0 N–H and O–H groups in total. The van der Waals surface area contributed by atoms with Crippen LogP contribution in [-0.4, -0.2) is 47.8 Å². The number of hydrogen-bond acceptors (Lipinski definition) is 3. The molecule has 0 saturated carbocycles. The van der Waals surface area contributed by atoms with E-state index in [1.54, 1.807) is 0 Å². The number of amides is 2. The molecule has 126 valence electrons. The van der Waals surface area contributed by atoms with E-state index in [0.29, 0.717) is 32.6 Å². The molecule has 1 aliphatic heterocycles. The van der Waals surface area contributed by atoms with Gasteiger partial charge in [0.1, 0.15) is 0 Å². The van der Waals surface area contributed by atoms with E-state index in [-0.39, 0.29) is 17.7 Å². The minimum atomic E-state index is 0.0785. The lowest BCUT2D eigenvalue weighted by Gasteiger charge is -2.35. The van der Waals surface area contributed by atoms with Gasteiger partial charge in [-0.25, -0.2) is 0 Å². The van der Waals surface area contributed by atoms with Crippen LogP contribution in [0.25, 0.3) is 0 Å². The molecule has 0 bridgehead atoms. The molecular formula is C19H22N2O2S. The van der Waals surface area contributed by atoms with Crippen LogP contribution in [0.3, 0.4) is 0 Å². The lowest BCUT2D eigenvalue weighted by Crippen LogP contribution is -2.50. The maximum Gasteiger partial charge on any atom is 0.264 e. The first kappa shape index (κ1) is 16.7. The quantitative estimate of drug-likeness (QED) is 0.856. The van der Waals surface area contributed by atoms with E-state index in [0.717, 1.165) is 4.88 Å². The van der Waals surface area contributed by atoms with E-state index >= 15 is 0 Å². The summed E-state index contributed by atoms with van der Waals surface area (Å²) in [6.07, 6.45) is 0.517. The number of hydrogen-bond donors (Lipinski definition) is 0. The van der Waals surface area contributed by atoms with Crippen LogP contribution in [0.2, 0.25) is 0 Å². The zero-order chi connectivity index (χ0) is 16.9. The Morgan fingerprint density at radius 1 is 1.00 bits per heavy atom. The van der Waals surface area contributed by atoms with E-state index in [2.05, 4.69) is 19.1 Å². The predicted octanol–water partition coefficient (Wildman–Crippen LogP) is 3.23. The van der Waals surface area contributed by atoms with Crippen molar-refractivity contribution in [3.05, 3.63) is 58.3 Å². The van der Waals surface area contributed by atoms with Gasteiger partial charge in [-0.2, -0.15) is 0 Å². The number of carbonyl (C=O) groups excluding carboxylic acids is 2. The summed E-state index contributed by atoms with van der Waals surface area (Å²) in [5.74, 6) is 0.466. The van der Waals surface area contributed by atoms with Crippen molar-refractivity contribution in [3.8, 4) is 0 Å². The Morgan fingerprint density at radius 2 is 1.67 bits per heavy atom. The maximum atomic E-state index is 12.5. The molecule has 24 heavy (non-hydrogen) atoms. The van der Waals surface area contributed by atoms with Crippen molar-refractivity contribution in [3.63, 3.8) is 0 Å². The normalized spacial score (nSPS) is 16.0. The number of rotatable bonds is 4. The molecule has 1 aliphatic rings. The van der Waals surface area contributed by atoms with Gasteiger partial charge in [0.05, 0.1) is 4.88 Å². The average Bonchev–Trinajstić information content (AvgIpc) is 3.16. The third-order valence-electron chi connectivity index (χ3n) is 4.50. The van der Waals surface area contributed by atoms with Gasteiger partial charge in [-0.15, -0.1) is 11.3 Å². The molecule has 5 heteroatoms. The van der Waals surface area contributed by atoms with Crippen molar-refractivity contribution in [2.45, 2.75) is 19.3 Å². The molecular weight excluding hydrogens is 320 g/mol. The van der Waals surface area contributed by atoms with E-state index in [4.69, 9.17) is 0 Å². The Hall–Kier alpha value is -2.14. The minimum Gasteiger partial charge on any atom is -0.339 e. The fraction of sp³-hybridized carbons (Fsp3) is 0.368. The second-order valence-electron chi connectivity index (χ2n) is 6.17. The summed E-state index contributed by atoms with van der Waals surface area (Å²) in [7, 11) is 0. The Labute approximate surface area is 146 Å². The molecule has 2 aromatic rings. The van der Waals surface area contributed by atoms with Gasteiger partial charge in [-0.1, -0.05) is 43.3 Å². The van der Waals surface area contributed by atoms with Crippen molar-refractivity contribution >= 4 is 23.2 Å². The van der Waals surface area contributed by atoms with Crippen LogP contribution in [0.1, 0.15) is 34.5 Å². The highest BCUT2D eigenvalue weighted by atomic mass is 32.1. The first-order chi connectivity index (χ1) is 11.6. The first-order valence-electron chi connectivity index (χ1n) is 8.30. The molecule has 1 aromatic carbocycles. The molecule has 1 saturated heterocycles. The topological polar surface area (TPSA) is 40.6 Å². The zero-order valence-corrected chi connectivity index (χ0v) is 14.7. The molecule has 3 rings (SSSR count).